The van der Waals surface area contributed by atoms with E-state index in [-0.39, 0.29) is 0 Å². The van der Waals surface area contributed by atoms with Crippen molar-refractivity contribution in [3.63, 3.8) is 0 Å². The Morgan fingerprint density at radius 2 is 1.94 bits per heavy atom. The van der Waals surface area contributed by atoms with Crippen LogP contribution in [0.3, 0.4) is 0 Å². The zero-order valence-electron chi connectivity index (χ0n) is 10.3. The number of halogens is 1. The van der Waals surface area contributed by atoms with Crippen LogP contribution in [0.4, 0.5) is 0 Å². The lowest BCUT2D eigenvalue weighted by Crippen LogP contribution is -2.35. The molecule has 3 heteroatoms. The molecule has 1 atom stereocenters. The summed E-state index contributed by atoms with van der Waals surface area (Å²) in [6.07, 6.45) is 3.73. The second-order valence-electron chi connectivity index (χ2n) is 4.57. The van der Waals surface area contributed by atoms with E-state index in [0.717, 1.165) is 11.4 Å². The normalized spacial score (nSPS) is 19.2. The van der Waals surface area contributed by atoms with Crippen LogP contribution in [0.25, 0.3) is 0 Å². The van der Waals surface area contributed by atoms with E-state index >= 15 is 0 Å². The highest BCUT2D eigenvalue weighted by molar-refractivity contribution is 7.99. The highest BCUT2D eigenvalue weighted by atomic mass is 35.5. The molecule has 0 radical (unpaired) electrons. The van der Waals surface area contributed by atoms with E-state index in [1.165, 1.54) is 29.9 Å². The van der Waals surface area contributed by atoms with Crippen molar-refractivity contribution < 1.29 is 0 Å². The third-order valence-electron chi connectivity index (χ3n) is 3.34. The number of hydrogen-bond donors (Lipinski definition) is 1. The fourth-order valence-electron chi connectivity index (χ4n) is 2.29. The van der Waals surface area contributed by atoms with Crippen LogP contribution in [-0.2, 0) is 0 Å². The predicted molar refractivity (Wildman–Crippen MR) is 78.0 cm³/mol. The molecule has 2 rings (SSSR count). The summed E-state index contributed by atoms with van der Waals surface area (Å²) in [6.45, 7) is 2.24. The van der Waals surface area contributed by atoms with Gasteiger partial charge in [-0.15, -0.1) is 0 Å². The molecule has 1 aromatic carbocycles. The van der Waals surface area contributed by atoms with Crippen LogP contribution in [0.15, 0.2) is 24.3 Å². The van der Waals surface area contributed by atoms with E-state index < -0.39 is 0 Å². The first kappa shape index (κ1) is 13.3. The van der Waals surface area contributed by atoms with Gasteiger partial charge in [-0.05, 0) is 48.5 Å². The molecule has 1 heterocycles. The van der Waals surface area contributed by atoms with Crippen LogP contribution in [0.5, 0.6) is 0 Å². The summed E-state index contributed by atoms with van der Waals surface area (Å²) >= 11 is 8.00. The quantitative estimate of drug-likeness (QED) is 0.876. The summed E-state index contributed by atoms with van der Waals surface area (Å²) in [4.78, 5) is 0. The first-order chi connectivity index (χ1) is 8.29. The zero-order valence-corrected chi connectivity index (χ0v) is 11.9. The van der Waals surface area contributed by atoms with Gasteiger partial charge >= 0.3 is 0 Å². The maximum absolute atomic E-state index is 5.93. The lowest BCUT2D eigenvalue weighted by atomic mass is 10.0. The molecule has 1 fully saturated rings. The van der Waals surface area contributed by atoms with E-state index in [1.54, 1.807) is 0 Å². The number of thioether (sulfide) groups is 1. The molecular formula is C14H20ClNS. The van der Waals surface area contributed by atoms with Crippen LogP contribution in [0, 0.1) is 0 Å². The third kappa shape index (κ3) is 3.90. The minimum Gasteiger partial charge on any atom is -0.307 e. The van der Waals surface area contributed by atoms with Crippen molar-refractivity contribution in [3.8, 4) is 0 Å². The Kier molecular flexibility index (Phi) is 5.20. The Labute approximate surface area is 113 Å². The molecule has 1 aromatic rings. The number of hydrogen-bond acceptors (Lipinski definition) is 2. The molecule has 0 aromatic heterocycles. The maximum atomic E-state index is 5.93. The zero-order chi connectivity index (χ0) is 12.1. The monoisotopic (exact) mass is 269 g/mol. The molecule has 0 aliphatic carbocycles. The molecule has 0 bridgehead atoms. The highest BCUT2D eigenvalue weighted by Gasteiger charge is 2.17. The van der Waals surface area contributed by atoms with E-state index in [0.29, 0.717) is 12.1 Å². The van der Waals surface area contributed by atoms with Crippen molar-refractivity contribution in [2.75, 3.05) is 11.5 Å². The summed E-state index contributed by atoms with van der Waals surface area (Å²) in [5.41, 5.74) is 1.36. The predicted octanol–water partition coefficient (Wildman–Crippen LogP) is 4.28. The van der Waals surface area contributed by atoms with E-state index in [2.05, 4.69) is 36.1 Å². The molecule has 0 saturated carbocycles. The van der Waals surface area contributed by atoms with Gasteiger partial charge in [0, 0.05) is 17.1 Å². The standard InChI is InChI=1S/C14H20ClNS/c1-2-14(11-3-5-12(15)6-4-11)16-13-7-9-17-10-8-13/h3-6,13-14,16H,2,7-10H2,1H3. The number of rotatable bonds is 4. The minimum atomic E-state index is 0.473. The van der Waals surface area contributed by atoms with Crippen LogP contribution in [0.1, 0.15) is 37.8 Å². The molecule has 0 spiro atoms. The Morgan fingerprint density at radius 1 is 1.29 bits per heavy atom. The van der Waals surface area contributed by atoms with Gasteiger partial charge in [0.1, 0.15) is 0 Å². The van der Waals surface area contributed by atoms with Gasteiger partial charge in [0.15, 0.2) is 0 Å². The van der Waals surface area contributed by atoms with Crippen molar-refractivity contribution in [2.45, 2.75) is 38.3 Å². The summed E-state index contributed by atoms with van der Waals surface area (Å²) in [7, 11) is 0. The first-order valence-corrected chi connectivity index (χ1v) is 7.92. The fourth-order valence-corrected chi connectivity index (χ4v) is 3.53. The van der Waals surface area contributed by atoms with Crippen molar-refractivity contribution in [1.29, 1.82) is 0 Å². The SMILES string of the molecule is CCC(NC1CCSCC1)c1ccc(Cl)cc1. The molecule has 1 aliphatic rings. The molecule has 1 unspecified atom stereocenters. The van der Waals surface area contributed by atoms with Gasteiger partial charge in [0.25, 0.3) is 0 Å². The lowest BCUT2D eigenvalue weighted by molar-refractivity contribution is 0.406. The summed E-state index contributed by atoms with van der Waals surface area (Å²) in [6, 6.07) is 9.41. The molecule has 1 aliphatic heterocycles. The van der Waals surface area contributed by atoms with E-state index in [1.807, 2.05) is 12.1 Å². The second-order valence-corrected chi connectivity index (χ2v) is 6.23. The third-order valence-corrected chi connectivity index (χ3v) is 4.64. The Balaban J connectivity index is 1.97. The molecular weight excluding hydrogens is 250 g/mol. The first-order valence-electron chi connectivity index (χ1n) is 6.39. The average Bonchev–Trinajstić information content (AvgIpc) is 2.38. The number of nitrogens with one attached hydrogen (secondary N) is 1. The Bertz CT molecular complexity index is 333. The topological polar surface area (TPSA) is 12.0 Å². The van der Waals surface area contributed by atoms with Gasteiger partial charge in [-0.2, -0.15) is 11.8 Å². The molecule has 1 N–H and O–H groups in total. The van der Waals surface area contributed by atoms with Crippen LogP contribution >= 0.6 is 23.4 Å². The number of benzene rings is 1. The van der Waals surface area contributed by atoms with Gasteiger partial charge < -0.3 is 5.32 Å². The Hall–Kier alpha value is -0.180. The fraction of sp³-hybridized carbons (Fsp3) is 0.571. The summed E-state index contributed by atoms with van der Waals surface area (Å²) < 4.78 is 0. The van der Waals surface area contributed by atoms with Crippen LogP contribution < -0.4 is 5.32 Å². The van der Waals surface area contributed by atoms with Gasteiger partial charge in [0.2, 0.25) is 0 Å². The van der Waals surface area contributed by atoms with E-state index in [4.69, 9.17) is 11.6 Å². The van der Waals surface area contributed by atoms with Crippen LogP contribution in [0.2, 0.25) is 5.02 Å². The van der Waals surface area contributed by atoms with Gasteiger partial charge in [-0.1, -0.05) is 30.7 Å². The largest absolute Gasteiger partial charge is 0.307 e. The van der Waals surface area contributed by atoms with Crippen molar-refractivity contribution in [1.82, 2.24) is 5.32 Å². The van der Waals surface area contributed by atoms with Gasteiger partial charge in [-0.25, -0.2) is 0 Å². The van der Waals surface area contributed by atoms with Crippen molar-refractivity contribution in [3.05, 3.63) is 34.9 Å². The second kappa shape index (κ2) is 6.67. The molecule has 0 amide bonds. The average molecular weight is 270 g/mol. The smallest absolute Gasteiger partial charge is 0.0406 e. The van der Waals surface area contributed by atoms with Crippen molar-refractivity contribution >= 4 is 23.4 Å². The Morgan fingerprint density at radius 3 is 2.53 bits per heavy atom. The summed E-state index contributed by atoms with van der Waals surface area (Å²) in [5, 5.41) is 4.60. The molecule has 94 valence electrons. The molecule has 1 nitrogen and oxygen atoms in total. The summed E-state index contributed by atoms with van der Waals surface area (Å²) in [5.74, 6) is 2.60. The molecule has 17 heavy (non-hydrogen) atoms. The highest BCUT2D eigenvalue weighted by Crippen LogP contribution is 2.23. The van der Waals surface area contributed by atoms with Crippen LogP contribution in [-0.4, -0.2) is 17.5 Å². The van der Waals surface area contributed by atoms with Gasteiger partial charge in [-0.3, -0.25) is 0 Å². The minimum absolute atomic E-state index is 0.473. The lowest BCUT2D eigenvalue weighted by Gasteiger charge is -2.28. The maximum Gasteiger partial charge on any atom is 0.0406 e. The van der Waals surface area contributed by atoms with Gasteiger partial charge in [0.05, 0.1) is 0 Å². The molecule has 1 saturated heterocycles. The van der Waals surface area contributed by atoms with E-state index in [9.17, 15) is 0 Å². The van der Waals surface area contributed by atoms with Crippen molar-refractivity contribution in [2.24, 2.45) is 0 Å².